The number of hydrogen-bond acceptors (Lipinski definition) is 3. The van der Waals surface area contributed by atoms with Crippen molar-refractivity contribution in [3.05, 3.63) is 70.9 Å². The van der Waals surface area contributed by atoms with E-state index in [9.17, 15) is 14.4 Å². The molecule has 1 aliphatic rings. The second-order valence-electron chi connectivity index (χ2n) is 6.94. The number of Topliss-reactive ketones (excluding diaryl/α,β-unsaturated/α-hetero) is 3. The van der Waals surface area contributed by atoms with E-state index < -0.39 is 0 Å². The maximum Gasteiger partial charge on any atom is 0.172 e. The Morgan fingerprint density at radius 2 is 1.56 bits per heavy atom. The summed E-state index contributed by atoms with van der Waals surface area (Å²) in [6, 6.07) is 14.8. The number of para-hydroxylation sites is 1. The number of carbonyl (C=O) groups is 3. The van der Waals surface area contributed by atoms with Gasteiger partial charge in [0.15, 0.2) is 17.3 Å². The molecular formula is C23H19NO3. The molecule has 1 aliphatic carbocycles. The number of benzene rings is 2. The molecule has 0 N–H and O–H groups in total. The quantitative estimate of drug-likeness (QED) is 0.523. The van der Waals surface area contributed by atoms with Crippen LogP contribution in [0.1, 0.15) is 40.5 Å². The Bertz CT molecular complexity index is 1160. The number of carbonyl (C=O) groups excluding carboxylic acids is 3. The molecule has 4 heteroatoms. The van der Waals surface area contributed by atoms with Gasteiger partial charge in [-0.05, 0) is 25.5 Å². The standard InChI is InChI=1S/C23H19NO3/c1-13-21(17-6-4-5-7-18(17)24(13)3)23-20(27)12-19(26)22(23)16-10-8-15(9-11-16)14(2)25/h4-11H,12H2,1-3H3. The lowest BCUT2D eigenvalue weighted by molar-refractivity contribution is -0.119. The van der Waals surface area contributed by atoms with E-state index in [1.165, 1.54) is 6.92 Å². The third-order valence-electron chi connectivity index (χ3n) is 5.36. The second-order valence-corrected chi connectivity index (χ2v) is 6.94. The monoisotopic (exact) mass is 357 g/mol. The Hall–Kier alpha value is -3.27. The molecule has 27 heavy (non-hydrogen) atoms. The van der Waals surface area contributed by atoms with E-state index in [0.717, 1.165) is 22.2 Å². The molecule has 1 heterocycles. The molecule has 0 atom stereocenters. The number of rotatable bonds is 3. The van der Waals surface area contributed by atoms with Crippen LogP contribution in [0.5, 0.6) is 0 Å². The molecule has 0 saturated heterocycles. The Morgan fingerprint density at radius 3 is 2.22 bits per heavy atom. The maximum atomic E-state index is 12.8. The molecule has 4 rings (SSSR count). The van der Waals surface area contributed by atoms with Crippen LogP contribution in [-0.4, -0.2) is 21.9 Å². The minimum atomic E-state index is -0.169. The Labute approximate surface area is 157 Å². The first kappa shape index (κ1) is 17.2. The maximum absolute atomic E-state index is 12.8. The van der Waals surface area contributed by atoms with Crippen LogP contribution in [0.2, 0.25) is 0 Å². The van der Waals surface area contributed by atoms with Crippen molar-refractivity contribution in [2.24, 2.45) is 7.05 Å². The first-order valence-electron chi connectivity index (χ1n) is 8.86. The van der Waals surface area contributed by atoms with Gasteiger partial charge in [0.05, 0.1) is 6.42 Å². The van der Waals surface area contributed by atoms with Crippen molar-refractivity contribution >= 4 is 39.4 Å². The molecule has 0 fully saturated rings. The summed E-state index contributed by atoms with van der Waals surface area (Å²) in [5.74, 6) is -0.350. The highest BCUT2D eigenvalue weighted by molar-refractivity contribution is 6.51. The Balaban J connectivity index is 2.02. The molecule has 0 bridgehead atoms. The SMILES string of the molecule is CC(=O)c1ccc(C2=C(c3c(C)n(C)c4ccccc34)C(=O)CC2=O)cc1. The molecular weight excluding hydrogens is 338 g/mol. The molecule has 0 spiro atoms. The van der Waals surface area contributed by atoms with E-state index in [2.05, 4.69) is 0 Å². The number of nitrogens with zero attached hydrogens (tertiary/aromatic N) is 1. The van der Waals surface area contributed by atoms with Gasteiger partial charge in [0, 0.05) is 45.9 Å². The molecule has 1 aromatic heterocycles. The van der Waals surface area contributed by atoms with Gasteiger partial charge < -0.3 is 4.57 Å². The van der Waals surface area contributed by atoms with Crippen molar-refractivity contribution in [3.63, 3.8) is 0 Å². The van der Waals surface area contributed by atoms with Crippen molar-refractivity contribution in [3.8, 4) is 0 Å². The fraction of sp³-hybridized carbons (Fsp3) is 0.174. The largest absolute Gasteiger partial charge is 0.347 e. The highest BCUT2D eigenvalue weighted by Crippen LogP contribution is 2.40. The second kappa shape index (κ2) is 6.16. The lowest BCUT2D eigenvalue weighted by atomic mass is 9.93. The zero-order valence-corrected chi connectivity index (χ0v) is 15.5. The predicted molar refractivity (Wildman–Crippen MR) is 106 cm³/mol. The van der Waals surface area contributed by atoms with E-state index in [-0.39, 0.29) is 23.8 Å². The van der Waals surface area contributed by atoms with Gasteiger partial charge in [0.2, 0.25) is 0 Å². The number of fused-ring (bicyclic) bond motifs is 1. The fourth-order valence-electron chi connectivity index (χ4n) is 3.88. The highest BCUT2D eigenvalue weighted by Gasteiger charge is 2.34. The molecule has 4 nitrogen and oxygen atoms in total. The third kappa shape index (κ3) is 2.56. The van der Waals surface area contributed by atoms with Crippen molar-refractivity contribution < 1.29 is 14.4 Å². The van der Waals surface area contributed by atoms with Crippen LogP contribution in [0.4, 0.5) is 0 Å². The molecule has 0 saturated carbocycles. The summed E-state index contributed by atoms with van der Waals surface area (Å²) < 4.78 is 2.05. The highest BCUT2D eigenvalue weighted by atomic mass is 16.2. The average molecular weight is 357 g/mol. The lowest BCUT2D eigenvalue weighted by Crippen LogP contribution is -1.99. The Kier molecular flexibility index (Phi) is 3.92. The molecule has 3 aromatic rings. The van der Waals surface area contributed by atoms with Crippen LogP contribution in [0.3, 0.4) is 0 Å². The van der Waals surface area contributed by atoms with E-state index in [1.807, 2.05) is 42.8 Å². The van der Waals surface area contributed by atoms with Gasteiger partial charge in [0.1, 0.15) is 0 Å². The van der Waals surface area contributed by atoms with Gasteiger partial charge >= 0.3 is 0 Å². The van der Waals surface area contributed by atoms with Crippen molar-refractivity contribution in [2.45, 2.75) is 20.3 Å². The summed E-state index contributed by atoms with van der Waals surface area (Å²) in [5, 5.41) is 0.966. The number of ketones is 3. The van der Waals surface area contributed by atoms with Crippen LogP contribution >= 0.6 is 0 Å². The fourth-order valence-corrected chi connectivity index (χ4v) is 3.88. The summed E-state index contributed by atoms with van der Waals surface area (Å²) in [6.07, 6.45) is -0.109. The molecule has 0 aliphatic heterocycles. The van der Waals surface area contributed by atoms with Gasteiger partial charge in [-0.25, -0.2) is 0 Å². The minimum absolute atomic E-state index is 0.0329. The summed E-state index contributed by atoms with van der Waals surface area (Å²) in [5.41, 5.74) is 5.01. The van der Waals surface area contributed by atoms with E-state index in [4.69, 9.17) is 0 Å². The topological polar surface area (TPSA) is 56.1 Å². The van der Waals surface area contributed by atoms with Crippen molar-refractivity contribution in [2.75, 3.05) is 0 Å². The van der Waals surface area contributed by atoms with Gasteiger partial charge in [-0.2, -0.15) is 0 Å². The van der Waals surface area contributed by atoms with E-state index >= 15 is 0 Å². The van der Waals surface area contributed by atoms with Gasteiger partial charge in [-0.3, -0.25) is 14.4 Å². The molecule has 0 radical (unpaired) electrons. The van der Waals surface area contributed by atoms with E-state index in [1.54, 1.807) is 24.3 Å². The number of hydrogen-bond donors (Lipinski definition) is 0. The molecule has 0 unspecified atom stereocenters. The predicted octanol–water partition coefficient (Wildman–Crippen LogP) is 4.14. The summed E-state index contributed by atoms with van der Waals surface area (Å²) in [6.45, 7) is 3.47. The first-order valence-corrected chi connectivity index (χ1v) is 8.86. The summed E-state index contributed by atoms with van der Waals surface area (Å²) in [7, 11) is 1.96. The van der Waals surface area contributed by atoms with Crippen molar-refractivity contribution in [1.82, 2.24) is 4.57 Å². The van der Waals surface area contributed by atoms with Crippen molar-refractivity contribution in [1.29, 1.82) is 0 Å². The molecule has 0 amide bonds. The van der Waals surface area contributed by atoms with Crippen LogP contribution in [0.15, 0.2) is 48.5 Å². The normalized spacial score (nSPS) is 14.5. The number of aromatic nitrogens is 1. The minimum Gasteiger partial charge on any atom is -0.347 e. The Morgan fingerprint density at radius 1 is 0.926 bits per heavy atom. The molecule has 2 aromatic carbocycles. The van der Waals surface area contributed by atoms with Gasteiger partial charge in [0.25, 0.3) is 0 Å². The van der Waals surface area contributed by atoms with Crippen LogP contribution in [0.25, 0.3) is 22.0 Å². The lowest BCUT2D eigenvalue weighted by Gasteiger charge is -2.08. The zero-order chi connectivity index (χ0) is 19.3. The van der Waals surface area contributed by atoms with Crippen LogP contribution in [0, 0.1) is 6.92 Å². The van der Waals surface area contributed by atoms with Gasteiger partial charge in [-0.1, -0.05) is 42.5 Å². The number of aryl methyl sites for hydroxylation is 1. The summed E-state index contributed by atoms with van der Waals surface area (Å²) >= 11 is 0. The number of allylic oxidation sites excluding steroid dienone is 2. The van der Waals surface area contributed by atoms with Crippen LogP contribution in [-0.2, 0) is 16.6 Å². The van der Waals surface area contributed by atoms with E-state index in [0.29, 0.717) is 22.3 Å². The summed E-state index contributed by atoms with van der Waals surface area (Å²) in [4.78, 5) is 37.0. The zero-order valence-electron chi connectivity index (χ0n) is 15.5. The first-order chi connectivity index (χ1) is 12.9. The van der Waals surface area contributed by atoms with Crippen LogP contribution < -0.4 is 0 Å². The molecule has 134 valence electrons. The van der Waals surface area contributed by atoms with Gasteiger partial charge in [-0.15, -0.1) is 0 Å². The third-order valence-corrected chi connectivity index (χ3v) is 5.36. The average Bonchev–Trinajstić information content (AvgIpc) is 3.08. The smallest absolute Gasteiger partial charge is 0.172 e.